The molecule has 0 radical (unpaired) electrons. The number of hydrogen-bond donors (Lipinski definition) is 1. The maximum atomic E-state index is 12.2. The summed E-state index contributed by atoms with van der Waals surface area (Å²) in [6, 6.07) is 0. The van der Waals surface area contributed by atoms with Gasteiger partial charge in [-0.2, -0.15) is 0 Å². The number of rotatable bonds is 3. The number of halogens is 3. The van der Waals surface area contributed by atoms with E-state index in [-0.39, 0.29) is 11.3 Å². The maximum Gasteiger partial charge on any atom is 0.573 e. The highest BCUT2D eigenvalue weighted by Crippen LogP contribution is 2.35. The van der Waals surface area contributed by atoms with Gasteiger partial charge in [0.2, 0.25) is 0 Å². The summed E-state index contributed by atoms with van der Waals surface area (Å²) in [4.78, 5) is 14.7. The molecule has 0 aliphatic rings. The Hall–Kier alpha value is -1.99. The molecule has 0 aliphatic heterocycles. The minimum absolute atomic E-state index is 0.137. The van der Waals surface area contributed by atoms with E-state index in [1.54, 1.807) is 0 Å². The topological polar surface area (TPSA) is 68.7 Å². The van der Waals surface area contributed by atoms with Crippen LogP contribution in [0.25, 0.3) is 0 Å². The molecule has 1 N–H and O–H groups in total. The van der Waals surface area contributed by atoms with Crippen LogP contribution in [0.4, 0.5) is 13.2 Å². The molecule has 0 fully saturated rings. The van der Waals surface area contributed by atoms with Crippen LogP contribution in [-0.2, 0) is 16.0 Å². The van der Waals surface area contributed by atoms with Gasteiger partial charge in [0.25, 0.3) is 0 Å². The lowest BCUT2D eigenvalue weighted by Crippen LogP contribution is -2.19. The van der Waals surface area contributed by atoms with Gasteiger partial charge >= 0.3 is 12.3 Å². The van der Waals surface area contributed by atoms with Crippen molar-refractivity contribution >= 4 is 5.97 Å². The van der Waals surface area contributed by atoms with Crippen molar-refractivity contribution in [1.82, 2.24) is 4.98 Å². The summed E-state index contributed by atoms with van der Waals surface area (Å²) >= 11 is 0. The van der Waals surface area contributed by atoms with Crippen LogP contribution in [0.15, 0.2) is 6.20 Å². The average molecular weight is 265 g/mol. The molecule has 0 atom stereocenters. The van der Waals surface area contributed by atoms with E-state index >= 15 is 0 Å². The van der Waals surface area contributed by atoms with Crippen molar-refractivity contribution in [3.63, 3.8) is 0 Å². The first-order chi connectivity index (χ1) is 8.24. The third-order valence-corrected chi connectivity index (χ3v) is 2.09. The molecule has 100 valence electrons. The molecule has 8 heteroatoms. The van der Waals surface area contributed by atoms with Gasteiger partial charge in [-0.1, -0.05) is 0 Å². The summed E-state index contributed by atoms with van der Waals surface area (Å²) in [7, 11) is 1.10. The summed E-state index contributed by atoms with van der Waals surface area (Å²) in [5.41, 5.74) is -0.0309. The predicted octanol–water partition coefficient (Wildman–Crippen LogP) is 1.71. The van der Waals surface area contributed by atoms with Crippen LogP contribution >= 0.6 is 0 Å². The average Bonchev–Trinajstić information content (AvgIpc) is 2.26. The fourth-order valence-corrected chi connectivity index (χ4v) is 1.27. The van der Waals surface area contributed by atoms with Gasteiger partial charge in [-0.25, -0.2) is 0 Å². The second kappa shape index (κ2) is 5.11. The van der Waals surface area contributed by atoms with Crippen LogP contribution in [0.5, 0.6) is 11.5 Å². The minimum Gasteiger partial charge on any atom is -0.503 e. The summed E-state index contributed by atoms with van der Waals surface area (Å²) < 4.78 is 44.6. The van der Waals surface area contributed by atoms with Crippen LogP contribution < -0.4 is 4.74 Å². The molecule has 0 aliphatic carbocycles. The summed E-state index contributed by atoms with van der Waals surface area (Å²) in [5.74, 6) is -2.39. The largest absolute Gasteiger partial charge is 0.573 e. The fourth-order valence-electron chi connectivity index (χ4n) is 1.27. The first-order valence-corrected chi connectivity index (χ1v) is 4.74. The molecular formula is C10H10F3NO4. The smallest absolute Gasteiger partial charge is 0.503 e. The molecule has 1 heterocycles. The van der Waals surface area contributed by atoms with Crippen LogP contribution in [0.3, 0.4) is 0 Å². The Morgan fingerprint density at radius 3 is 2.61 bits per heavy atom. The van der Waals surface area contributed by atoms with Crippen LogP contribution in [0.2, 0.25) is 0 Å². The number of carbonyl (C=O) groups excluding carboxylic acids is 1. The van der Waals surface area contributed by atoms with Crippen molar-refractivity contribution in [3.05, 3.63) is 17.5 Å². The molecule has 0 saturated carbocycles. The molecule has 0 saturated heterocycles. The van der Waals surface area contributed by atoms with E-state index in [4.69, 9.17) is 0 Å². The number of alkyl halides is 3. The summed E-state index contributed by atoms with van der Waals surface area (Å²) in [5, 5.41) is 9.33. The zero-order chi connectivity index (χ0) is 13.9. The lowest BCUT2D eigenvalue weighted by molar-refractivity contribution is -0.275. The van der Waals surface area contributed by atoms with E-state index < -0.39 is 30.3 Å². The molecule has 0 aromatic carbocycles. The van der Waals surface area contributed by atoms with E-state index in [1.807, 2.05) is 0 Å². The van der Waals surface area contributed by atoms with E-state index in [9.17, 15) is 23.1 Å². The third-order valence-electron chi connectivity index (χ3n) is 2.09. The van der Waals surface area contributed by atoms with Gasteiger partial charge in [-0.15, -0.1) is 13.2 Å². The summed E-state index contributed by atoms with van der Waals surface area (Å²) in [6.45, 7) is 1.39. The Labute approximate surface area is 100 Å². The van der Waals surface area contributed by atoms with E-state index in [0.29, 0.717) is 0 Å². The molecule has 1 aromatic rings. The molecule has 0 bridgehead atoms. The highest BCUT2D eigenvalue weighted by atomic mass is 19.4. The number of esters is 1. The Morgan fingerprint density at radius 2 is 2.11 bits per heavy atom. The Balaban J connectivity index is 3.20. The van der Waals surface area contributed by atoms with Crippen LogP contribution in [0.1, 0.15) is 11.3 Å². The summed E-state index contributed by atoms with van der Waals surface area (Å²) in [6.07, 6.45) is -4.64. The second-order valence-electron chi connectivity index (χ2n) is 3.34. The molecule has 0 amide bonds. The molecule has 18 heavy (non-hydrogen) atoms. The van der Waals surface area contributed by atoms with Crippen molar-refractivity contribution in [2.24, 2.45) is 0 Å². The normalized spacial score (nSPS) is 11.2. The number of carbonyl (C=O) groups is 1. The standard InChI is InChI=1S/C10H10F3NO4/c1-5-6(3-8(16)17-2)9(7(15)4-14-5)18-10(11,12)13/h4,15H,3H2,1-2H3. The molecular weight excluding hydrogens is 255 g/mol. The van der Waals surface area contributed by atoms with Crippen molar-refractivity contribution in [1.29, 1.82) is 0 Å². The van der Waals surface area contributed by atoms with Gasteiger partial charge in [-0.05, 0) is 6.92 Å². The maximum absolute atomic E-state index is 12.2. The highest BCUT2D eigenvalue weighted by Gasteiger charge is 2.34. The quantitative estimate of drug-likeness (QED) is 0.842. The molecule has 1 rings (SSSR count). The third kappa shape index (κ3) is 3.51. The Morgan fingerprint density at radius 1 is 1.50 bits per heavy atom. The van der Waals surface area contributed by atoms with Crippen LogP contribution in [-0.4, -0.2) is 29.5 Å². The zero-order valence-electron chi connectivity index (χ0n) is 9.54. The molecule has 1 aromatic heterocycles. The number of nitrogens with zero attached hydrogens (tertiary/aromatic N) is 1. The van der Waals surface area contributed by atoms with Gasteiger partial charge in [0.1, 0.15) is 0 Å². The number of hydrogen-bond acceptors (Lipinski definition) is 5. The first-order valence-electron chi connectivity index (χ1n) is 4.74. The van der Waals surface area contributed by atoms with Gasteiger partial charge in [-0.3, -0.25) is 9.78 Å². The van der Waals surface area contributed by atoms with Crippen molar-refractivity contribution in [2.75, 3.05) is 7.11 Å². The first kappa shape index (κ1) is 14.1. The number of methoxy groups -OCH3 is 1. The Bertz CT molecular complexity index is 459. The molecule has 0 spiro atoms. The van der Waals surface area contributed by atoms with Crippen molar-refractivity contribution < 1.29 is 32.5 Å². The second-order valence-corrected chi connectivity index (χ2v) is 3.34. The zero-order valence-corrected chi connectivity index (χ0v) is 9.54. The predicted molar refractivity (Wildman–Crippen MR) is 53.0 cm³/mol. The van der Waals surface area contributed by atoms with Crippen LogP contribution in [0, 0.1) is 6.92 Å². The fraction of sp³-hybridized carbons (Fsp3) is 0.400. The number of ether oxygens (including phenoxy) is 2. The van der Waals surface area contributed by atoms with Crippen molar-refractivity contribution in [2.45, 2.75) is 19.7 Å². The monoisotopic (exact) mass is 265 g/mol. The molecule has 0 unspecified atom stereocenters. The van der Waals surface area contributed by atoms with E-state index in [1.165, 1.54) is 6.92 Å². The minimum atomic E-state index is -4.98. The highest BCUT2D eigenvalue weighted by molar-refractivity contribution is 5.74. The lowest BCUT2D eigenvalue weighted by atomic mass is 10.1. The SMILES string of the molecule is COC(=O)Cc1c(C)ncc(O)c1OC(F)(F)F. The number of aromatic hydroxyl groups is 1. The number of aromatic nitrogens is 1. The van der Waals surface area contributed by atoms with Gasteiger partial charge in [0, 0.05) is 11.3 Å². The molecule has 5 nitrogen and oxygen atoms in total. The van der Waals surface area contributed by atoms with E-state index in [2.05, 4.69) is 14.5 Å². The van der Waals surface area contributed by atoms with Gasteiger partial charge in [0.15, 0.2) is 11.5 Å². The lowest BCUT2D eigenvalue weighted by Gasteiger charge is -2.15. The van der Waals surface area contributed by atoms with E-state index in [0.717, 1.165) is 13.3 Å². The number of aryl methyl sites for hydroxylation is 1. The number of pyridine rings is 1. The Kier molecular flexibility index (Phi) is 4.00. The van der Waals surface area contributed by atoms with Gasteiger partial charge in [0.05, 0.1) is 19.7 Å². The van der Waals surface area contributed by atoms with Gasteiger partial charge < -0.3 is 14.6 Å². The van der Waals surface area contributed by atoms with Crippen molar-refractivity contribution in [3.8, 4) is 11.5 Å².